The fraction of sp³-hybridized carbons (Fsp3) is 0.105. The van der Waals surface area contributed by atoms with E-state index in [0.29, 0.717) is 18.1 Å². The van der Waals surface area contributed by atoms with Crippen LogP contribution in [-0.2, 0) is 16.4 Å². The molecule has 0 aliphatic carbocycles. The third kappa shape index (κ3) is 4.80. The lowest BCUT2D eigenvalue weighted by molar-refractivity contribution is 0.601. The SMILES string of the molecule is O=S(=O)(Nc1ccc(NCCc2ccc(F)cc2)nc1)c1ccccc1. The maximum absolute atomic E-state index is 12.9. The topological polar surface area (TPSA) is 71.1 Å². The van der Waals surface area contributed by atoms with Crippen molar-refractivity contribution >= 4 is 21.5 Å². The zero-order chi connectivity index (χ0) is 18.4. The molecule has 0 atom stereocenters. The number of benzene rings is 2. The van der Waals surface area contributed by atoms with Crippen LogP contribution in [0, 0.1) is 5.82 Å². The second-order valence-corrected chi connectivity index (χ2v) is 7.34. The zero-order valence-corrected chi connectivity index (χ0v) is 14.7. The third-order valence-electron chi connectivity index (χ3n) is 3.70. The summed E-state index contributed by atoms with van der Waals surface area (Å²) in [5, 5.41) is 3.15. The van der Waals surface area contributed by atoms with E-state index in [0.717, 1.165) is 12.0 Å². The van der Waals surface area contributed by atoms with Crippen molar-refractivity contribution in [2.75, 3.05) is 16.6 Å². The predicted molar refractivity (Wildman–Crippen MR) is 100 cm³/mol. The molecule has 0 aliphatic rings. The molecule has 2 N–H and O–H groups in total. The smallest absolute Gasteiger partial charge is 0.261 e. The van der Waals surface area contributed by atoms with Crippen LogP contribution in [0.3, 0.4) is 0 Å². The number of hydrogen-bond donors (Lipinski definition) is 2. The van der Waals surface area contributed by atoms with E-state index in [1.807, 2.05) is 0 Å². The van der Waals surface area contributed by atoms with Gasteiger partial charge in [-0.1, -0.05) is 30.3 Å². The second-order valence-electron chi connectivity index (χ2n) is 5.65. The van der Waals surface area contributed by atoms with E-state index in [9.17, 15) is 12.8 Å². The van der Waals surface area contributed by atoms with E-state index in [2.05, 4.69) is 15.0 Å². The Labute approximate surface area is 152 Å². The Morgan fingerprint density at radius 1 is 0.923 bits per heavy atom. The largest absolute Gasteiger partial charge is 0.370 e. The van der Waals surface area contributed by atoms with Gasteiger partial charge in [0.25, 0.3) is 10.0 Å². The molecule has 3 rings (SSSR count). The van der Waals surface area contributed by atoms with E-state index < -0.39 is 10.0 Å². The van der Waals surface area contributed by atoms with Crippen molar-refractivity contribution < 1.29 is 12.8 Å². The van der Waals surface area contributed by atoms with Crippen LogP contribution in [0.4, 0.5) is 15.9 Å². The molecule has 1 aromatic heterocycles. The van der Waals surface area contributed by atoms with Crippen molar-refractivity contribution in [1.82, 2.24) is 4.98 Å². The molecule has 0 aliphatic heterocycles. The average molecular weight is 371 g/mol. The molecule has 0 unspecified atom stereocenters. The van der Waals surface area contributed by atoms with E-state index >= 15 is 0 Å². The van der Waals surface area contributed by atoms with Gasteiger partial charge in [0.1, 0.15) is 11.6 Å². The van der Waals surface area contributed by atoms with Crippen molar-refractivity contribution in [2.45, 2.75) is 11.3 Å². The van der Waals surface area contributed by atoms with Gasteiger partial charge in [0.05, 0.1) is 16.8 Å². The first-order chi connectivity index (χ1) is 12.5. The normalized spacial score (nSPS) is 11.1. The van der Waals surface area contributed by atoms with E-state index in [-0.39, 0.29) is 10.7 Å². The molecule has 3 aromatic rings. The van der Waals surface area contributed by atoms with Crippen LogP contribution in [0.25, 0.3) is 0 Å². The molecular weight excluding hydrogens is 353 g/mol. The molecule has 26 heavy (non-hydrogen) atoms. The quantitative estimate of drug-likeness (QED) is 0.665. The first kappa shape index (κ1) is 17.9. The van der Waals surface area contributed by atoms with Gasteiger partial charge >= 0.3 is 0 Å². The Morgan fingerprint density at radius 3 is 2.31 bits per heavy atom. The molecule has 7 heteroatoms. The van der Waals surface area contributed by atoms with Gasteiger partial charge < -0.3 is 5.32 Å². The number of hydrogen-bond acceptors (Lipinski definition) is 4. The minimum absolute atomic E-state index is 0.196. The summed E-state index contributed by atoms with van der Waals surface area (Å²) in [6, 6.07) is 17.8. The van der Waals surface area contributed by atoms with Gasteiger partial charge in [0.15, 0.2) is 0 Å². The molecule has 2 aromatic carbocycles. The van der Waals surface area contributed by atoms with Crippen LogP contribution in [0.5, 0.6) is 0 Å². The Morgan fingerprint density at radius 2 is 1.65 bits per heavy atom. The fourth-order valence-electron chi connectivity index (χ4n) is 2.36. The maximum atomic E-state index is 12.9. The van der Waals surface area contributed by atoms with Gasteiger partial charge in [0.2, 0.25) is 0 Å². The van der Waals surface area contributed by atoms with Gasteiger partial charge in [-0.2, -0.15) is 0 Å². The Kier molecular flexibility index (Phi) is 5.48. The van der Waals surface area contributed by atoms with Crippen LogP contribution in [-0.4, -0.2) is 19.9 Å². The van der Waals surface area contributed by atoms with E-state index in [4.69, 9.17) is 0 Å². The number of pyridine rings is 1. The lowest BCUT2D eigenvalue weighted by Gasteiger charge is -2.09. The highest BCUT2D eigenvalue weighted by molar-refractivity contribution is 7.92. The molecule has 5 nitrogen and oxygen atoms in total. The minimum atomic E-state index is -3.62. The van der Waals surface area contributed by atoms with Crippen LogP contribution in [0.2, 0.25) is 0 Å². The summed E-state index contributed by atoms with van der Waals surface area (Å²) in [6.07, 6.45) is 2.19. The van der Waals surface area contributed by atoms with Crippen molar-refractivity contribution in [3.05, 3.63) is 84.3 Å². The molecule has 134 valence electrons. The highest BCUT2D eigenvalue weighted by Gasteiger charge is 2.13. The van der Waals surface area contributed by atoms with Crippen LogP contribution in [0.1, 0.15) is 5.56 Å². The number of nitrogens with one attached hydrogen (secondary N) is 2. The number of aromatic nitrogens is 1. The first-order valence-electron chi connectivity index (χ1n) is 8.05. The highest BCUT2D eigenvalue weighted by atomic mass is 32.2. The predicted octanol–water partition coefficient (Wildman–Crippen LogP) is 3.68. The average Bonchev–Trinajstić information content (AvgIpc) is 2.65. The summed E-state index contributed by atoms with van der Waals surface area (Å²) >= 11 is 0. The van der Waals surface area contributed by atoms with Gasteiger partial charge in [-0.05, 0) is 48.4 Å². The lowest BCUT2D eigenvalue weighted by Crippen LogP contribution is -2.13. The summed E-state index contributed by atoms with van der Waals surface area (Å²) in [5.74, 6) is 0.381. The third-order valence-corrected chi connectivity index (χ3v) is 5.10. The van der Waals surface area contributed by atoms with Gasteiger partial charge in [0, 0.05) is 6.54 Å². The zero-order valence-electron chi connectivity index (χ0n) is 13.9. The molecule has 1 heterocycles. The Balaban J connectivity index is 1.56. The molecule has 0 bridgehead atoms. The molecule has 0 spiro atoms. The van der Waals surface area contributed by atoms with Crippen molar-refractivity contribution in [3.63, 3.8) is 0 Å². The lowest BCUT2D eigenvalue weighted by atomic mass is 10.1. The summed E-state index contributed by atoms with van der Waals surface area (Å²) < 4.78 is 39.9. The van der Waals surface area contributed by atoms with Crippen molar-refractivity contribution in [2.24, 2.45) is 0 Å². The first-order valence-corrected chi connectivity index (χ1v) is 9.53. The van der Waals surface area contributed by atoms with Crippen LogP contribution >= 0.6 is 0 Å². The molecule has 0 saturated heterocycles. The summed E-state index contributed by atoms with van der Waals surface area (Å²) in [5.41, 5.74) is 1.41. The summed E-state index contributed by atoms with van der Waals surface area (Å²) in [4.78, 5) is 4.40. The van der Waals surface area contributed by atoms with Gasteiger partial charge in [-0.15, -0.1) is 0 Å². The van der Waals surface area contributed by atoms with Crippen LogP contribution < -0.4 is 10.0 Å². The molecular formula is C19H18FN3O2S. The monoisotopic (exact) mass is 371 g/mol. The maximum Gasteiger partial charge on any atom is 0.261 e. The number of halogens is 1. The minimum Gasteiger partial charge on any atom is -0.370 e. The van der Waals surface area contributed by atoms with Crippen molar-refractivity contribution in [1.29, 1.82) is 0 Å². The Hall–Kier alpha value is -2.93. The van der Waals surface area contributed by atoms with Gasteiger partial charge in [-0.25, -0.2) is 17.8 Å². The standard InChI is InChI=1S/C19H18FN3O2S/c20-16-8-6-15(7-9-16)12-13-21-19-11-10-17(14-22-19)23-26(24,25)18-4-2-1-3-5-18/h1-11,14,23H,12-13H2,(H,21,22). The summed E-state index contributed by atoms with van der Waals surface area (Å²) in [6.45, 7) is 0.633. The van der Waals surface area contributed by atoms with Crippen LogP contribution in [0.15, 0.2) is 77.8 Å². The highest BCUT2D eigenvalue weighted by Crippen LogP contribution is 2.16. The molecule has 0 radical (unpaired) electrons. The van der Waals surface area contributed by atoms with Crippen molar-refractivity contribution in [3.8, 4) is 0 Å². The van der Waals surface area contributed by atoms with Gasteiger partial charge in [-0.3, -0.25) is 4.72 Å². The number of rotatable bonds is 7. The number of sulfonamides is 1. The number of anilines is 2. The molecule has 0 saturated carbocycles. The number of nitrogens with zero attached hydrogens (tertiary/aromatic N) is 1. The van der Waals surface area contributed by atoms with E-state index in [1.165, 1.54) is 30.5 Å². The second kappa shape index (κ2) is 7.97. The van der Waals surface area contributed by atoms with E-state index in [1.54, 1.807) is 42.5 Å². The molecule has 0 fully saturated rings. The molecule has 0 amide bonds. The summed E-state index contributed by atoms with van der Waals surface area (Å²) in [7, 11) is -3.62. The Bertz CT molecular complexity index is 944. The fourth-order valence-corrected chi connectivity index (χ4v) is 3.42.